The Labute approximate surface area is 120 Å². The highest BCUT2D eigenvalue weighted by Gasteiger charge is 2.23. The Bertz CT molecular complexity index is 559. The molecule has 0 aliphatic carbocycles. The van der Waals surface area contributed by atoms with Gasteiger partial charge in [-0.05, 0) is 29.7 Å². The third-order valence-corrected chi connectivity index (χ3v) is 3.49. The highest BCUT2D eigenvalue weighted by Crippen LogP contribution is 2.32. The van der Waals surface area contributed by atoms with Crippen molar-refractivity contribution in [2.45, 2.75) is 25.9 Å². The Balaban J connectivity index is 1.90. The Morgan fingerprint density at radius 3 is 2.65 bits per heavy atom. The summed E-state index contributed by atoms with van der Waals surface area (Å²) in [6, 6.07) is 16.9. The van der Waals surface area contributed by atoms with Gasteiger partial charge in [0.2, 0.25) is 0 Å². The first-order valence-corrected chi connectivity index (χ1v) is 7.29. The third-order valence-electron chi connectivity index (χ3n) is 3.49. The molecule has 1 atom stereocenters. The molecule has 1 saturated heterocycles. The van der Waals surface area contributed by atoms with Crippen molar-refractivity contribution in [3.63, 3.8) is 0 Å². The number of epoxide rings is 1. The molecule has 2 heteroatoms. The SMILES string of the molecule is CCCc1ccc(OCC2CO2)c(-c2ccccc2)c1. The summed E-state index contributed by atoms with van der Waals surface area (Å²) in [5, 5.41) is 0. The molecule has 2 aromatic rings. The second-order valence-corrected chi connectivity index (χ2v) is 5.21. The summed E-state index contributed by atoms with van der Waals surface area (Å²) in [6.07, 6.45) is 2.55. The van der Waals surface area contributed by atoms with Crippen molar-refractivity contribution in [2.75, 3.05) is 13.2 Å². The molecule has 0 spiro atoms. The van der Waals surface area contributed by atoms with E-state index in [2.05, 4.69) is 49.4 Å². The lowest BCUT2D eigenvalue weighted by molar-refractivity contribution is 0.264. The molecule has 0 saturated carbocycles. The Kier molecular flexibility index (Phi) is 4.03. The monoisotopic (exact) mass is 268 g/mol. The number of benzene rings is 2. The van der Waals surface area contributed by atoms with E-state index in [4.69, 9.17) is 9.47 Å². The maximum Gasteiger partial charge on any atom is 0.127 e. The molecule has 1 aliphatic rings. The third kappa shape index (κ3) is 3.20. The van der Waals surface area contributed by atoms with E-state index in [1.807, 2.05) is 6.07 Å². The average Bonchev–Trinajstić information content (AvgIpc) is 3.31. The van der Waals surface area contributed by atoms with Crippen LogP contribution in [0.25, 0.3) is 11.1 Å². The van der Waals surface area contributed by atoms with Crippen LogP contribution >= 0.6 is 0 Å². The maximum absolute atomic E-state index is 5.92. The summed E-state index contributed by atoms with van der Waals surface area (Å²) in [5.74, 6) is 0.951. The lowest BCUT2D eigenvalue weighted by Gasteiger charge is -2.13. The van der Waals surface area contributed by atoms with Crippen molar-refractivity contribution < 1.29 is 9.47 Å². The largest absolute Gasteiger partial charge is 0.490 e. The fourth-order valence-corrected chi connectivity index (χ4v) is 2.34. The highest BCUT2D eigenvalue weighted by molar-refractivity contribution is 5.71. The van der Waals surface area contributed by atoms with Crippen LogP contribution in [0.2, 0.25) is 0 Å². The lowest BCUT2D eigenvalue weighted by Crippen LogP contribution is -2.05. The van der Waals surface area contributed by atoms with Crippen molar-refractivity contribution >= 4 is 0 Å². The zero-order chi connectivity index (χ0) is 13.8. The van der Waals surface area contributed by atoms with E-state index in [0.717, 1.165) is 25.2 Å². The Morgan fingerprint density at radius 1 is 1.15 bits per heavy atom. The number of ether oxygens (including phenoxy) is 2. The fraction of sp³-hybridized carbons (Fsp3) is 0.333. The zero-order valence-corrected chi connectivity index (χ0v) is 11.8. The fourth-order valence-electron chi connectivity index (χ4n) is 2.34. The normalized spacial score (nSPS) is 16.9. The topological polar surface area (TPSA) is 21.8 Å². The van der Waals surface area contributed by atoms with Crippen LogP contribution in [0.1, 0.15) is 18.9 Å². The van der Waals surface area contributed by atoms with Crippen molar-refractivity contribution in [1.29, 1.82) is 0 Å². The van der Waals surface area contributed by atoms with Gasteiger partial charge in [0.25, 0.3) is 0 Å². The summed E-state index contributed by atoms with van der Waals surface area (Å²) in [5.41, 5.74) is 3.75. The van der Waals surface area contributed by atoms with Crippen LogP contribution in [0.4, 0.5) is 0 Å². The zero-order valence-electron chi connectivity index (χ0n) is 11.8. The van der Waals surface area contributed by atoms with Gasteiger partial charge in [-0.15, -0.1) is 0 Å². The van der Waals surface area contributed by atoms with Crippen LogP contribution in [0.15, 0.2) is 48.5 Å². The molecule has 1 unspecified atom stereocenters. The molecule has 0 bridgehead atoms. The molecule has 0 radical (unpaired) electrons. The summed E-state index contributed by atoms with van der Waals surface area (Å²) >= 11 is 0. The van der Waals surface area contributed by atoms with Crippen LogP contribution in [-0.2, 0) is 11.2 Å². The minimum atomic E-state index is 0.286. The number of hydrogen-bond donors (Lipinski definition) is 0. The smallest absolute Gasteiger partial charge is 0.127 e. The van der Waals surface area contributed by atoms with Gasteiger partial charge >= 0.3 is 0 Å². The number of hydrogen-bond acceptors (Lipinski definition) is 2. The van der Waals surface area contributed by atoms with Crippen LogP contribution in [0.5, 0.6) is 5.75 Å². The summed E-state index contributed by atoms with van der Waals surface area (Å²) in [6.45, 7) is 3.68. The molecule has 1 aliphatic heterocycles. The summed E-state index contributed by atoms with van der Waals surface area (Å²) in [7, 11) is 0. The van der Waals surface area contributed by atoms with Gasteiger partial charge in [-0.3, -0.25) is 0 Å². The molecule has 0 N–H and O–H groups in total. The predicted octanol–water partition coefficient (Wildman–Crippen LogP) is 4.08. The standard InChI is InChI=1S/C18H20O2/c1-2-6-14-9-10-18(20-13-16-12-19-16)17(11-14)15-7-4-3-5-8-15/h3-5,7-11,16H,2,6,12-13H2,1H3. The molecule has 2 nitrogen and oxygen atoms in total. The first-order chi connectivity index (χ1) is 9.86. The van der Waals surface area contributed by atoms with E-state index in [1.165, 1.54) is 16.7 Å². The first-order valence-electron chi connectivity index (χ1n) is 7.29. The van der Waals surface area contributed by atoms with E-state index in [-0.39, 0.29) is 6.10 Å². The molecule has 0 aromatic heterocycles. The Hall–Kier alpha value is -1.80. The van der Waals surface area contributed by atoms with Crippen molar-refractivity contribution in [3.8, 4) is 16.9 Å². The molecular weight excluding hydrogens is 248 g/mol. The molecule has 1 fully saturated rings. The molecule has 2 aromatic carbocycles. The second kappa shape index (κ2) is 6.10. The van der Waals surface area contributed by atoms with Crippen LogP contribution in [-0.4, -0.2) is 19.3 Å². The van der Waals surface area contributed by atoms with Gasteiger partial charge in [-0.25, -0.2) is 0 Å². The number of aryl methyl sites for hydroxylation is 1. The predicted molar refractivity (Wildman–Crippen MR) is 81.1 cm³/mol. The van der Waals surface area contributed by atoms with Gasteiger partial charge in [0.1, 0.15) is 18.5 Å². The minimum absolute atomic E-state index is 0.286. The van der Waals surface area contributed by atoms with Gasteiger partial charge in [-0.2, -0.15) is 0 Å². The van der Waals surface area contributed by atoms with E-state index in [9.17, 15) is 0 Å². The van der Waals surface area contributed by atoms with Gasteiger partial charge in [0.05, 0.1) is 6.61 Å². The van der Waals surface area contributed by atoms with E-state index in [1.54, 1.807) is 0 Å². The van der Waals surface area contributed by atoms with Crippen LogP contribution < -0.4 is 4.74 Å². The van der Waals surface area contributed by atoms with Gasteiger partial charge in [0.15, 0.2) is 0 Å². The molecular formula is C18H20O2. The second-order valence-electron chi connectivity index (χ2n) is 5.21. The van der Waals surface area contributed by atoms with E-state index < -0.39 is 0 Å². The van der Waals surface area contributed by atoms with Gasteiger partial charge < -0.3 is 9.47 Å². The molecule has 1 heterocycles. The van der Waals surface area contributed by atoms with Crippen molar-refractivity contribution in [1.82, 2.24) is 0 Å². The van der Waals surface area contributed by atoms with Crippen molar-refractivity contribution in [2.24, 2.45) is 0 Å². The quantitative estimate of drug-likeness (QED) is 0.736. The summed E-state index contributed by atoms with van der Waals surface area (Å²) in [4.78, 5) is 0. The lowest BCUT2D eigenvalue weighted by atomic mass is 10.00. The van der Waals surface area contributed by atoms with Gasteiger partial charge in [-0.1, -0.05) is 49.7 Å². The minimum Gasteiger partial charge on any atom is -0.490 e. The van der Waals surface area contributed by atoms with E-state index >= 15 is 0 Å². The van der Waals surface area contributed by atoms with Crippen molar-refractivity contribution in [3.05, 3.63) is 54.1 Å². The molecule has 3 rings (SSSR count). The van der Waals surface area contributed by atoms with Gasteiger partial charge in [0, 0.05) is 5.56 Å². The molecule has 0 amide bonds. The number of rotatable bonds is 6. The Morgan fingerprint density at radius 2 is 1.95 bits per heavy atom. The first kappa shape index (κ1) is 13.2. The maximum atomic E-state index is 5.92. The van der Waals surface area contributed by atoms with E-state index in [0.29, 0.717) is 6.61 Å². The van der Waals surface area contributed by atoms with Crippen LogP contribution in [0, 0.1) is 0 Å². The molecule has 104 valence electrons. The average molecular weight is 268 g/mol. The van der Waals surface area contributed by atoms with Crippen LogP contribution in [0.3, 0.4) is 0 Å². The highest BCUT2D eigenvalue weighted by atomic mass is 16.6. The molecule has 20 heavy (non-hydrogen) atoms. The summed E-state index contributed by atoms with van der Waals surface area (Å²) < 4.78 is 11.1.